The zero-order valence-corrected chi connectivity index (χ0v) is 12.3. The van der Waals surface area contributed by atoms with E-state index in [0.717, 1.165) is 16.5 Å². The van der Waals surface area contributed by atoms with Gasteiger partial charge in [-0.3, -0.25) is 4.55 Å². The van der Waals surface area contributed by atoms with Crippen LogP contribution in [0.15, 0.2) is 51.5 Å². The molecule has 0 unspecified atom stereocenters. The number of hydrogen-bond donors (Lipinski definition) is 1. The molecule has 0 radical (unpaired) electrons. The molecule has 5 heteroatoms. The predicted octanol–water partition coefficient (Wildman–Crippen LogP) is 1.59. The van der Waals surface area contributed by atoms with Crippen LogP contribution in [0.3, 0.4) is 0 Å². The number of rotatable bonds is 1. The van der Waals surface area contributed by atoms with Crippen LogP contribution in [0.1, 0.15) is 20.8 Å². The second-order valence-corrected chi connectivity index (χ2v) is 7.18. The lowest BCUT2D eigenvalue weighted by Gasteiger charge is -2.26. The van der Waals surface area contributed by atoms with Gasteiger partial charge in [0.15, 0.2) is 0 Å². The highest BCUT2D eigenvalue weighted by Crippen LogP contribution is 2.37. The molecule has 0 aromatic heterocycles. The Morgan fingerprint density at radius 1 is 1.25 bits per heavy atom. The molecule has 1 aromatic carbocycles. The minimum atomic E-state index is -4.19. The second-order valence-electron chi connectivity index (χ2n) is 5.76. The quantitative estimate of drug-likeness (QED) is 0.798. The monoisotopic (exact) mass is 289 g/mol. The van der Waals surface area contributed by atoms with E-state index in [-0.39, 0.29) is 10.3 Å². The first-order valence-corrected chi connectivity index (χ1v) is 7.75. The smallest absolute Gasteiger partial charge is 0.282 e. The summed E-state index contributed by atoms with van der Waals surface area (Å²) in [4.78, 5) is 4.36. The normalized spacial score (nSPS) is 19.7. The molecule has 0 saturated heterocycles. The number of fused-ring (bicyclic) bond motifs is 2. The van der Waals surface area contributed by atoms with Gasteiger partial charge >= 0.3 is 0 Å². The first-order valence-electron chi connectivity index (χ1n) is 6.31. The summed E-state index contributed by atoms with van der Waals surface area (Å²) in [6.45, 7) is 6.31. The van der Waals surface area contributed by atoms with Crippen molar-refractivity contribution in [3.63, 3.8) is 0 Å². The van der Waals surface area contributed by atoms with E-state index in [0.29, 0.717) is 5.36 Å². The highest BCUT2D eigenvalue weighted by atomic mass is 32.2. The largest absolute Gasteiger partial charge is 0.294 e. The fourth-order valence-electron chi connectivity index (χ4n) is 2.44. The Kier molecular flexibility index (Phi) is 2.59. The molecule has 0 saturated carbocycles. The Hall–Kier alpha value is -1.72. The van der Waals surface area contributed by atoms with Crippen molar-refractivity contribution in [2.45, 2.75) is 25.7 Å². The number of benzene rings is 1. The molecule has 1 heterocycles. The van der Waals surface area contributed by atoms with Crippen LogP contribution in [0.5, 0.6) is 0 Å². The van der Waals surface area contributed by atoms with Crippen LogP contribution in [-0.4, -0.2) is 13.0 Å². The van der Waals surface area contributed by atoms with Gasteiger partial charge in [0, 0.05) is 16.2 Å². The van der Waals surface area contributed by atoms with Crippen LogP contribution in [-0.2, 0) is 10.1 Å². The van der Waals surface area contributed by atoms with Crippen molar-refractivity contribution in [1.29, 1.82) is 0 Å². The maximum atomic E-state index is 11.2. The maximum absolute atomic E-state index is 11.2. The fraction of sp³-hybridized carbons (Fsp3) is 0.267. The number of allylic oxidation sites excluding steroid dienone is 3. The molecule has 1 aliphatic heterocycles. The highest BCUT2D eigenvalue weighted by Gasteiger charge is 2.26. The summed E-state index contributed by atoms with van der Waals surface area (Å²) in [5.74, 6) is 0. The molecular weight excluding hydrogens is 274 g/mol. The molecule has 0 bridgehead atoms. The minimum absolute atomic E-state index is 0.0593. The van der Waals surface area contributed by atoms with Gasteiger partial charge in [-0.2, -0.15) is 8.42 Å². The van der Waals surface area contributed by atoms with Gasteiger partial charge in [-0.1, -0.05) is 31.6 Å². The summed E-state index contributed by atoms with van der Waals surface area (Å²) >= 11 is 0. The molecular formula is C15H15NO3S. The zero-order chi connectivity index (χ0) is 14.7. The highest BCUT2D eigenvalue weighted by molar-refractivity contribution is 7.85. The summed E-state index contributed by atoms with van der Waals surface area (Å²) in [5.41, 5.74) is 3.05. The average molecular weight is 289 g/mol. The molecule has 0 amide bonds. The van der Waals surface area contributed by atoms with E-state index < -0.39 is 10.1 Å². The molecule has 1 N–H and O–H groups in total. The van der Waals surface area contributed by atoms with Crippen molar-refractivity contribution in [2.75, 3.05) is 0 Å². The molecule has 0 spiro atoms. The lowest BCUT2D eigenvalue weighted by Crippen LogP contribution is -2.24. The van der Waals surface area contributed by atoms with Crippen molar-refractivity contribution in [2.24, 2.45) is 10.4 Å². The van der Waals surface area contributed by atoms with Gasteiger partial charge in [0.05, 0.1) is 15.9 Å². The minimum Gasteiger partial charge on any atom is -0.282 e. The van der Waals surface area contributed by atoms with Gasteiger partial charge in [0.1, 0.15) is 0 Å². The summed E-state index contributed by atoms with van der Waals surface area (Å²) in [5, 5.41) is 1.49. The standard InChI is InChI=1S/C15H15NO3S/c1-9-6-12-11-5-4-10(20(17,18)19)7-13(11)16-14(12)8-15(9,2)3/h4-8H,1-3H3,(H,17,18,19). The van der Waals surface area contributed by atoms with Gasteiger partial charge in [-0.25, -0.2) is 4.99 Å². The summed E-state index contributed by atoms with van der Waals surface area (Å²) in [6, 6.07) is 4.51. The van der Waals surface area contributed by atoms with Crippen LogP contribution < -0.4 is 10.6 Å². The van der Waals surface area contributed by atoms with Gasteiger partial charge in [0.2, 0.25) is 0 Å². The van der Waals surface area contributed by atoms with Crippen LogP contribution in [0.4, 0.5) is 0 Å². The van der Waals surface area contributed by atoms with E-state index in [9.17, 15) is 8.42 Å². The third-order valence-electron chi connectivity index (χ3n) is 3.95. The van der Waals surface area contributed by atoms with Gasteiger partial charge in [-0.15, -0.1) is 0 Å². The first kappa shape index (κ1) is 13.3. The third-order valence-corrected chi connectivity index (χ3v) is 4.80. The lowest BCUT2D eigenvalue weighted by molar-refractivity contribution is 0.483. The van der Waals surface area contributed by atoms with Crippen molar-refractivity contribution < 1.29 is 13.0 Å². The Labute approximate surface area is 117 Å². The molecule has 104 valence electrons. The molecule has 3 rings (SSSR count). The summed E-state index contributed by atoms with van der Waals surface area (Å²) in [7, 11) is -4.19. The molecule has 0 atom stereocenters. The predicted molar refractivity (Wildman–Crippen MR) is 76.1 cm³/mol. The zero-order valence-electron chi connectivity index (χ0n) is 11.5. The van der Waals surface area contributed by atoms with Gasteiger partial charge < -0.3 is 0 Å². The second kappa shape index (κ2) is 3.90. The Bertz CT molecular complexity index is 903. The average Bonchev–Trinajstić information content (AvgIpc) is 2.64. The Morgan fingerprint density at radius 3 is 2.60 bits per heavy atom. The fourth-order valence-corrected chi connectivity index (χ4v) is 2.94. The molecule has 1 aromatic rings. The summed E-state index contributed by atoms with van der Waals surface area (Å²) in [6.07, 6.45) is 4.18. The van der Waals surface area contributed by atoms with Gasteiger partial charge in [0.25, 0.3) is 10.1 Å². The SMILES string of the molecule is CC1=CC2=c3ccc(S(=O)(=O)O)cc3=NC2=CC1(C)C. The van der Waals surface area contributed by atoms with E-state index in [1.807, 2.05) is 0 Å². The maximum Gasteiger partial charge on any atom is 0.294 e. The van der Waals surface area contributed by atoms with Crippen LogP contribution in [0.2, 0.25) is 0 Å². The molecule has 4 nitrogen and oxygen atoms in total. The van der Waals surface area contributed by atoms with Crippen molar-refractivity contribution in [1.82, 2.24) is 0 Å². The van der Waals surface area contributed by atoms with Crippen LogP contribution >= 0.6 is 0 Å². The first-order chi connectivity index (χ1) is 9.18. The molecule has 2 aliphatic rings. The van der Waals surface area contributed by atoms with Crippen molar-refractivity contribution >= 4 is 15.7 Å². The number of nitrogens with zero attached hydrogens (tertiary/aromatic N) is 1. The van der Waals surface area contributed by atoms with E-state index in [1.54, 1.807) is 6.07 Å². The topological polar surface area (TPSA) is 66.7 Å². The number of hydrogen-bond acceptors (Lipinski definition) is 3. The lowest BCUT2D eigenvalue weighted by atomic mass is 9.79. The van der Waals surface area contributed by atoms with Gasteiger partial charge in [-0.05, 0) is 25.1 Å². The summed E-state index contributed by atoms with van der Waals surface area (Å²) < 4.78 is 31.5. The molecule has 1 aliphatic carbocycles. The van der Waals surface area contributed by atoms with Crippen molar-refractivity contribution in [3.8, 4) is 0 Å². The molecule has 20 heavy (non-hydrogen) atoms. The van der Waals surface area contributed by atoms with Crippen LogP contribution in [0.25, 0.3) is 5.57 Å². The van der Waals surface area contributed by atoms with E-state index in [1.165, 1.54) is 17.7 Å². The Balaban J connectivity index is 2.32. The van der Waals surface area contributed by atoms with E-state index in [4.69, 9.17) is 4.55 Å². The van der Waals surface area contributed by atoms with Crippen molar-refractivity contribution in [3.05, 3.63) is 52.2 Å². The van der Waals surface area contributed by atoms with E-state index in [2.05, 4.69) is 37.9 Å². The Morgan fingerprint density at radius 2 is 1.95 bits per heavy atom. The van der Waals surface area contributed by atoms with Crippen LogP contribution in [0, 0.1) is 5.41 Å². The van der Waals surface area contributed by atoms with E-state index >= 15 is 0 Å². The molecule has 0 fully saturated rings. The third kappa shape index (κ3) is 1.94.